The van der Waals surface area contributed by atoms with E-state index in [2.05, 4.69) is 5.32 Å². The standard InChI is InChI=1S/C13H22NO4/c1-9(2)11(10(16)7-6-8-15)14-12(17)18-13(3,4)5/h7-9,11H,6H2,1-5H3,(H,14,17). The third-order valence-electron chi connectivity index (χ3n) is 2.06. The summed E-state index contributed by atoms with van der Waals surface area (Å²) in [7, 11) is 0. The van der Waals surface area contributed by atoms with E-state index in [4.69, 9.17) is 4.74 Å². The van der Waals surface area contributed by atoms with Crippen molar-refractivity contribution in [3.05, 3.63) is 6.42 Å². The molecule has 0 aromatic carbocycles. The molecule has 0 rings (SSSR count). The van der Waals surface area contributed by atoms with Crippen molar-refractivity contribution >= 4 is 18.2 Å². The number of hydrogen-bond acceptors (Lipinski definition) is 4. The molecule has 0 saturated carbocycles. The number of aldehydes is 1. The van der Waals surface area contributed by atoms with E-state index in [1.165, 1.54) is 6.42 Å². The number of alkyl carbamates (subject to hydrolysis) is 1. The summed E-state index contributed by atoms with van der Waals surface area (Å²) in [5.74, 6) is -0.351. The molecule has 0 aliphatic rings. The summed E-state index contributed by atoms with van der Waals surface area (Å²) in [6.07, 6.45) is 1.34. The number of amides is 1. The zero-order valence-electron chi connectivity index (χ0n) is 11.6. The molecule has 1 atom stereocenters. The number of rotatable bonds is 6. The Morgan fingerprint density at radius 3 is 2.22 bits per heavy atom. The third-order valence-corrected chi connectivity index (χ3v) is 2.06. The van der Waals surface area contributed by atoms with Crippen LogP contribution < -0.4 is 5.32 Å². The lowest BCUT2D eigenvalue weighted by molar-refractivity contribution is -0.120. The van der Waals surface area contributed by atoms with Gasteiger partial charge in [-0.1, -0.05) is 13.8 Å². The lowest BCUT2D eigenvalue weighted by Gasteiger charge is -2.24. The normalized spacial score (nSPS) is 13.0. The Morgan fingerprint density at radius 2 is 1.83 bits per heavy atom. The van der Waals surface area contributed by atoms with Gasteiger partial charge in [-0.25, -0.2) is 4.79 Å². The maximum Gasteiger partial charge on any atom is 0.408 e. The molecule has 0 saturated heterocycles. The van der Waals surface area contributed by atoms with Gasteiger partial charge in [0.15, 0.2) is 5.78 Å². The van der Waals surface area contributed by atoms with Crippen molar-refractivity contribution in [1.82, 2.24) is 5.32 Å². The summed E-state index contributed by atoms with van der Waals surface area (Å²) in [5, 5.41) is 2.52. The predicted molar refractivity (Wildman–Crippen MR) is 68.0 cm³/mol. The molecule has 1 amide bonds. The lowest BCUT2D eigenvalue weighted by Crippen LogP contribution is -2.46. The number of ketones is 1. The smallest absolute Gasteiger partial charge is 0.408 e. The van der Waals surface area contributed by atoms with E-state index in [-0.39, 0.29) is 18.1 Å². The number of nitrogens with one attached hydrogen (secondary N) is 1. The highest BCUT2D eigenvalue weighted by atomic mass is 16.6. The van der Waals surface area contributed by atoms with Crippen molar-refractivity contribution in [2.24, 2.45) is 5.92 Å². The Balaban J connectivity index is 4.49. The Hall–Kier alpha value is -1.39. The van der Waals surface area contributed by atoms with Crippen LogP contribution in [0.15, 0.2) is 0 Å². The van der Waals surface area contributed by atoms with Crippen LogP contribution >= 0.6 is 0 Å². The van der Waals surface area contributed by atoms with Crippen LogP contribution in [0, 0.1) is 12.3 Å². The van der Waals surface area contributed by atoms with Crippen LogP contribution in [0.4, 0.5) is 4.79 Å². The first kappa shape index (κ1) is 16.6. The van der Waals surface area contributed by atoms with E-state index >= 15 is 0 Å². The second-order valence-electron chi connectivity index (χ2n) is 5.38. The number of carbonyl (C=O) groups excluding carboxylic acids is 3. The minimum Gasteiger partial charge on any atom is -0.444 e. The van der Waals surface area contributed by atoms with Crippen LogP contribution in [0.25, 0.3) is 0 Å². The van der Waals surface area contributed by atoms with Gasteiger partial charge in [-0.3, -0.25) is 4.79 Å². The van der Waals surface area contributed by atoms with Gasteiger partial charge in [0.1, 0.15) is 11.9 Å². The quantitative estimate of drug-likeness (QED) is 0.737. The molecule has 103 valence electrons. The minimum atomic E-state index is -0.667. The SMILES string of the molecule is CC(C)C(NC(=O)OC(C)(C)C)C(=O)[CH]CC=O. The molecule has 0 aliphatic heterocycles. The molecule has 18 heavy (non-hydrogen) atoms. The van der Waals surface area contributed by atoms with E-state index in [1.54, 1.807) is 20.8 Å². The molecule has 0 aromatic rings. The molecule has 0 heterocycles. The Kier molecular flexibility index (Phi) is 6.58. The predicted octanol–water partition coefficient (Wildman–Crippen LogP) is 1.90. The summed E-state index contributed by atoms with van der Waals surface area (Å²) >= 11 is 0. The molecule has 5 heteroatoms. The maximum atomic E-state index is 11.8. The first-order chi connectivity index (χ1) is 8.17. The Morgan fingerprint density at radius 1 is 1.28 bits per heavy atom. The van der Waals surface area contributed by atoms with Crippen molar-refractivity contribution in [3.63, 3.8) is 0 Å². The molecule has 1 unspecified atom stereocenters. The largest absolute Gasteiger partial charge is 0.444 e. The van der Waals surface area contributed by atoms with Crippen LogP contribution in [0.5, 0.6) is 0 Å². The van der Waals surface area contributed by atoms with Gasteiger partial charge in [0.05, 0.1) is 6.04 Å². The summed E-state index contributed by atoms with van der Waals surface area (Å²) in [4.78, 5) is 33.6. The summed E-state index contributed by atoms with van der Waals surface area (Å²) in [6.45, 7) is 8.87. The van der Waals surface area contributed by atoms with Crippen LogP contribution in [0.1, 0.15) is 41.0 Å². The highest BCUT2D eigenvalue weighted by Gasteiger charge is 2.26. The van der Waals surface area contributed by atoms with Gasteiger partial charge in [0.2, 0.25) is 0 Å². The van der Waals surface area contributed by atoms with E-state index in [9.17, 15) is 14.4 Å². The van der Waals surface area contributed by atoms with Crippen molar-refractivity contribution in [2.45, 2.75) is 52.7 Å². The zero-order valence-corrected chi connectivity index (χ0v) is 11.6. The average Bonchev–Trinajstić information content (AvgIpc) is 2.19. The van der Waals surface area contributed by atoms with E-state index < -0.39 is 17.7 Å². The summed E-state index contributed by atoms with van der Waals surface area (Å²) in [5.41, 5.74) is -0.610. The molecule has 0 aliphatic carbocycles. The number of carbonyl (C=O) groups is 3. The van der Waals surface area contributed by atoms with E-state index in [0.29, 0.717) is 6.29 Å². The highest BCUT2D eigenvalue weighted by molar-refractivity contribution is 5.95. The second-order valence-corrected chi connectivity index (χ2v) is 5.38. The molecule has 0 spiro atoms. The maximum absolute atomic E-state index is 11.8. The fourth-order valence-electron chi connectivity index (χ4n) is 1.29. The molecule has 0 aromatic heterocycles. The zero-order chi connectivity index (χ0) is 14.3. The topological polar surface area (TPSA) is 72.5 Å². The number of hydrogen-bond donors (Lipinski definition) is 1. The Bertz CT molecular complexity index is 305. The van der Waals surface area contributed by atoms with Gasteiger partial charge in [-0.2, -0.15) is 0 Å². The third kappa shape index (κ3) is 7.04. The van der Waals surface area contributed by atoms with Crippen LogP contribution in [-0.2, 0) is 14.3 Å². The molecule has 1 radical (unpaired) electrons. The van der Waals surface area contributed by atoms with Crippen LogP contribution in [0.3, 0.4) is 0 Å². The van der Waals surface area contributed by atoms with Crippen molar-refractivity contribution < 1.29 is 19.1 Å². The van der Waals surface area contributed by atoms with E-state index in [0.717, 1.165) is 0 Å². The van der Waals surface area contributed by atoms with Gasteiger partial charge in [0, 0.05) is 12.8 Å². The molecule has 1 N–H and O–H groups in total. The average molecular weight is 256 g/mol. The number of Topliss-reactive ketones (excluding diaryl/α,β-unsaturated/α-hetero) is 1. The van der Waals surface area contributed by atoms with E-state index in [1.807, 2.05) is 13.8 Å². The van der Waals surface area contributed by atoms with Gasteiger partial charge >= 0.3 is 6.09 Å². The highest BCUT2D eigenvalue weighted by Crippen LogP contribution is 2.10. The minimum absolute atomic E-state index is 0.0536. The Labute approximate surface area is 108 Å². The summed E-state index contributed by atoms with van der Waals surface area (Å²) < 4.78 is 5.09. The lowest BCUT2D eigenvalue weighted by atomic mass is 9.97. The van der Waals surface area contributed by atoms with Crippen LogP contribution in [-0.4, -0.2) is 29.8 Å². The van der Waals surface area contributed by atoms with Crippen molar-refractivity contribution in [3.8, 4) is 0 Å². The monoisotopic (exact) mass is 256 g/mol. The number of ether oxygens (including phenoxy) is 1. The van der Waals surface area contributed by atoms with Gasteiger partial charge in [-0.05, 0) is 26.7 Å². The molecule has 5 nitrogen and oxygen atoms in total. The van der Waals surface area contributed by atoms with Gasteiger partial charge in [-0.15, -0.1) is 0 Å². The fraction of sp³-hybridized carbons (Fsp3) is 0.692. The molecule has 0 fully saturated rings. The summed E-state index contributed by atoms with van der Waals surface area (Å²) in [6, 6.07) is -0.667. The van der Waals surface area contributed by atoms with Crippen LogP contribution in [0.2, 0.25) is 0 Å². The van der Waals surface area contributed by atoms with Gasteiger partial charge < -0.3 is 14.8 Å². The molecular formula is C13H22NO4. The second kappa shape index (κ2) is 7.13. The molecular weight excluding hydrogens is 234 g/mol. The molecule has 0 bridgehead atoms. The fourth-order valence-corrected chi connectivity index (χ4v) is 1.29. The first-order valence-corrected chi connectivity index (χ1v) is 5.97. The first-order valence-electron chi connectivity index (χ1n) is 5.97. The van der Waals surface area contributed by atoms with Crippen molar-refractivity contribution in [2.75, 3.05) is 0 Å². The van der Waals surface area contributed by atoms with Gasteiger partial charge in [0.25, 0.3) is 0 Å². The van der Waals surface area contributed by atoms with Crippen molar-refractivity contribution in [1.29, 1.82) is 0 Å².